The summed E-state index contributed by atoms with van der Waals surface area (Å²) in [4.78, 5) is 57.0. The fourth-order valence-electron chi connectivity index (χ4n) is 4.94. The molecule has 2 heterocycles. The molecule has 43 heavy (non-hydrogen) atoms. The van der Waals surface area contributed by atoms with Crippen molar-refractivity contribution < 1.29 is 28.7 Å². The number of ether oxygens (including phenoxy) is 2. The molecule has 232 valence electrons. The number of carbonyl (C=O) groups excluding carboxylic acids is 4. The third kappa shape index (κ3) is 9.34. The second-order valence-corrected chi connectivity index (χ2v) is 11.6. The minimum Gasteiger partial charge on any atom is -0.379 e. The Morgan fingerprint density at radius 2 is 1.44 bits per heavy atom. The molecule has 4 atom stereocenters. The highest BCUT2D eigenvalue weighted by atomic mass is 16.6. The first-order chi connectivity index (χ1) is 20.5. The highest BCUT2D eigenvalue weighted by molar-refractivity contribution is 5.98. The standard InChI is InChI=1S/C32H43N5O6/c1-22(33-28(38)20-37-14-16-42-17-15-37)30(40)35-27(19-24-10-12-25(13-11-24)36(3)4)31(41)34-26(29(39)32(2)21-43-32)18-23-8-6-5-7-9-23/h5-13,22,26-27H,14-21H2,1-4H3,(H,33,38)(H,34,41)(H,35,40)/t22-,26-,27-,32-/m0/s1. The van der Waals surface area contributed by atoms with Crippen LogP contribution in [0.5, 0.6) is 0 Å². The van der Waals surface area contributed by atoms with E-state index < -0.39 is 35.5 Å². The quantitative estimate of drug-likeness (QED) is 0.273. The van der Waals surface area contributed by atoms with Crippen LogP contribution in [0.15, 0.2) is 54.6 Å². The van der Waals surface area contributed by atoms with Crippen LogP contribution < -0.4 is 20.9 Å². The van der Waals surface area contributed by atoms with Crippen LogP contribution in [0.2, 0.25) is 0 Å². The highest BCUT2D eigenvalue weighted by Gasteiger charge is 2.50. The molecule has 2 aromatic rings. The number of epoxide rings is 1. The van der Waals surface area contributed by atoms with Gasteiger partial charge in [-0.3, -0.25) is 24.1 Å². The van der Waals surface area contributed by atoms with E-state index in [9.17, 15) is 19.2 Å². The molecule has 2 aromatic carbocycles. The molecular weight excluding hydrogens is 550 g/mol. The normalized spacial score (nSPS) is 20.3. The summed E-state index contributed by atoms with van der Waals surface area (Å²) in [6.45, 7) is 6.18. The van der Waals surface area contributed by atoms with Gasteiger partial charge in [0.1, 0.15) is 17.7 Å². The van der Waals surface area contributed by atoms with Crippen molar-refractivity contribution in [2.45, 2.75) is 50.4 Å². The molecule has 3 amide bonds. The van der Waals surface area contributed by atoms with E-state index in [2.05, 4.69) is 16.0 Å². The molecule has 3 N–H and O–H groups in total. The molecule has 2 saturated heterocycles. The van der Waals surface area contributed by atoms with Gasteiger partial charge in [-0.1, -0.05) is 42.5 Å². The van der Waals surface area contributed by atoms with Gasteiger partial charge >= 0.3 is 0 Å². The Balaban J connectivity index is 1.47. The number of ketones is 1. The van der Waals surface area contributed by atoms with Crippen LogP contribution in [0.3, 0.4) is 0 Å². The van der Waals surface area contributed by atoms with E-state index in [1.165, 1.54) is 0 Å². The fraction of sp³-hybridized carbons (Fsp3) is 0.500. The van der Waals surface area contributed by atoms with Gasteiger partial charge in [0.2, 0.25) is 17.7 Å². The number of nitrogens with one attached hydrogen (secondary N) is 3. The van der Waals surface area contributed by atoms with Gasteiger partial charge in [-0.25, -0.2) is 0 Å². The molecule has 0 radical (unpaired) electrons. The molecule has 0 saturated carbocycles. The van der Waals surface area contributed by atoms with Crippen molar-refractivity contribution >= 4 is 29.2 Å². The van der Waals surface area contributed by atoms with E-state index in [4.69, 9.17) is 9.47 Å². The Labute approximate surface area is 253 Å². The summed E-state index contributed by atoms with van der Waals surface area (Å²) >= 11 is 0. The minimum absolute atomic E-state index is 0.160. The lowest BCUT2D eigenvalue weighted by atomic mass is 9.94. The summed E-state index contributed by atoms with van der Waals surface area (Å²) in [5, 5.41) is 8.46. The number of hydrogen-bond acceptors (Lipinski definition) is 8. The van der Waals surface area contributed by atoms with E-state index in [0.717, 1.165) is 16.8 Å². The minimum atomic E-state index is -0.990. The van der Waals surface area contributed by atoms with Gasteiger partial charge in [-0.15, -0.1) is 0 Å². The van der Waals surface area contributed by atoms with Gasteiger partial charge in [-0.2, -0.15) is 0 Å². The second kappa shape index (κ2) is 14.6. The maximum Gasteiger partial charge on any atom is 0.243 e. The zero-order valence-corrected chi connectivity index (χ0v) is 25.4. The summed E-state index contributed by atoms with van der Waals surface area (Å²) in [7, 11) is 3.88. The molecular formula is C32H43N5O6. The first-order valence-corrected chi connectivity index (χ1v) is 14.7. The maximum atomic E-state index is 13.8. The Morgan fingerprint density at radius 1 is 0.860 bits per heavy atom. The number of carbonyl (C=O) groups is 4. The molecule has 0 unspecified atom stereocenters. The molecule has 2 fully saturated rings. The maximum absolute atomic E-state index is 13.8. The van der Waals surface area contributed by atoms with Crippen molar-refractivity contribution in [1.29, 1.82) is 0 Å². The van der Waals surface area contributed by atoms with E-state index in [0.29, 0.717) is 32.9 Å². The average Bonchev–Trinajstić information content (AvgIpc) is 3.75. The number of Topliss-reactive ketones (excluding diaryl/α,β-unsaturated/α-hetero) is 1. The first-order valence-electron chi connectivity index (χ1n) is 14.7. The third-order valence-corrected chi connectivity index (χ3v) is 7.78. The van der Waals surface area contributed by atoms with Gasteiger partial charge in [0.25, 0.3) is 0 Å². The molecule has 2 aliphatic heterocycles. The van der Waals surface area contributed by atoms with Gasteiger partial charge in [0, 0.05) is 39.3 Å². The van der Waals surface area contributed by atoms with E-state index in [1.807, 2.05) is 78.5 Å². The summed E-state index contributed by atoms with van der Waals surface area (Å²) in [5.74, 6) is -1.48. The summed E-state index contributed by atoms with van der Waals surface area (Å²) in [5.41, 5.74) is 1.78. The Morgan fingerprint density at radius 3 is 2.05 bits per heavy atom. The lowest BCUT2D eigenvalue weighted by Gasteiger charge is -2.27. The molecule has 0 aliphatic carbocycles. The number of nitrogens with zero attached hydrogens (tertiary/aromatic N) is 2. The average molecular weight is 594 g/mol. The monoisotopic (exact) mass is 593 g/mol. The first kappa shape index (κ1) is 32.1. The van der Waals surface area contributed by atoms with Crippen LogP contribution in [-0.4, -0.2) is 106 Å². The number of rotatable bonds is 14. The van der Waals surface area contributed by atoms with E-state index in [1.54, 1.807) is 13.8 Å². The molecule has 0 aromatic heterocycles. The Kier molecular flexibility index (Phi) is 10.9. The van der Waals surface area contributed by atoms with Crippen LogP contribution >= 0.6 is 0 Å². The van der Waals surface area contributed by atoms with Crippen molar-refractivity contribution in [2.75, 3.05) is 58.5 Å². The topological polar surface area (TPSA) is 133 Å². The van der Waals surface area contributed by atoms with E-state index >= 15 is 0 Å². The zero-order valence-electron chi connectivity index (χ0n) is 25.4. The van der Waals surface area contributed by atoms with Crippen LogP contribution in [0.25, 0.3) is 0 Å². The lowest BCUT2D eigenvalue weighted by Crippen LogP contribution is -2.57. The van der Waals surface area contributed by atoms with E-state index in [-0.39, 0.29) is 31.1 Å². The van der Waals surface area contributed by atoms with Crippen molar-refractivity contribution in [3.8, 4) is 0 Å². The van der Waals surface area contributed by atoms with Gasteiger partial charge in [0.05, 0.1) is 32.4 Å². The molecule has 2 aliphatic rings. The third-order valence-electron chi connectivity index (χ3n) is 7.78. The Hall–Kier alpha value is -3.80. The van der Waals surface area contributed by atoms with Crippen molar-refractivity contribution in [1.82, 2.24) is 20.9 Å². The predicted molar refractivity (Wildman–Crippen MR) is 163 cm³/mol. The Bertz CT molecular complexity index is 1260. The van der Waals surface area contributed by atoms with Gasteiger partial charge in [0.15, 0.2) is 5.78 Å². The van der Waals surface area contributed by atoms with Crippen LogP contribution in [0.4, 0.5) is 5.69 Å². The number of benzene rings is 2. The van der Waals surface area contributed by atoms with Crippen LogP contribution in [0.1, 0.15) is 25.0 Å². The number of amides is 3. The number of anilines is 1. The largest absolute Gasteiger partial charge is 0.379 e. The van der Waals surface area contributed by atoms with Crippen LogP contribution in [-0.2, 0) is 41.5 Å². The van der Waals surface area contributed by atoms with Crippen molar-refractivity contribution in [3.05, 3.63) is 65.7 Å². The van der Waals surface area contributed by atoms with Crippen molar-refractivity contribution in [2.24, 2.45) is 0 Å². The summed E-state index contributed by atoms with van der Waals surface area (Å²) < 4.78 is 10.7. The smallest absolute Gasteiger partial charge is 0.243 e. The SMILES string of the molecule is C[C@H](NC(=O)CN1CCOCC1)C(=O)N[C@@H](Cc1ccc(N(C)C)cc1)C(=O)N[C@@H](Cc1ccccc1)C(=O)[C@]1(C)CO1. The molecule has 11 nitrogen and oxygen atoms in total. The summed E-state index contributed by atoms with van der Waals surface area (Å²) in [6, 6.07) is 14.4. The number of morpholine rings is 1. The zero-order chi connectivity index (χ0) is 31.0. The second-order valence-electron chi connectivity index (χ2n) is 11.6. The number of hydrogen-bond donors (Lipinski definition) is 3. The molecule has 0 bridgehead atoms. The molecule has 11 heteroatoms. The van der Waals surface area contributed by atoms with Gasteiger partial charge < -0.3 is 30.3 Å². The summed E-state index contributed by atoms with van der Waals surface area (Å²) in [6.07, 6.45) is 0.482. The van der Waals surface area contributed by atoms with Crippen LogP contribution in [0, 0.1) is 0 Å². The lowest BCUT2D eigenvalue weighted by molar-refractivity contribution is -0.134. The molecule has 4 rings (SSSR count). The predicted octanol–water partition coefficient (Wildman–Crippen LogP) is 0.702. The fourth-order valence-corrected chi connectivity index (χ4v) is 4.94. The highest BCUT2D eigenvalue weighted by Crippen LogP contribution is 2.29. The molecule has 0 spiro atoms. The van der Waals surface area contributed by atoms with Crippen molar-refractivity contribution in [3.63, 3.8) is 0 Å². The van der Waals surface area contributed by atoms with Gasteiger partial charge in [-0.05, 0) is 43.5 Å².